The Morgan fingerprint density at radius 3 is 0.885 bits per heavy atom. The molecule has 0 aliphatic heterocycles. The number of carbonyl (C=O) groups is 2. The third-order valence-electron chi connectivity index (χ3n) is 18.7. The molecule has 0 saturated heterocycles. The lowest BCUT2D eigenvalue weighted by Crippen LogP contribution is -2.45. The zero-order valence-electron chi connectivity index (χ0n) is 59.0. The van der Waals surface area contributed by atoms with Gasteiger partial charge in [-0.2, -0.15) is 0 Å². The van der Waals surface area contributed by atoms with E-state index in [-0.39, 0.29) is 18.5 Å². The van der Waals surface area contributed by atoms with Crippen LogP contribution in [0.1, 0.15) is 444 Å². The molecule has 0 spiro atoms. The summed E-state index contributed by atoms with van der Waals surface area (Å²) in [5.41, 5.74) is 0. The Hall–Kier alpha value is -1.92. The number of amides is 1. The molecular weight excluding hydrogens is 1070 g/mol. The molecule has 3 N–H and O–H groups in total. The van der Waals surface area contributed by atoms with Gasteiger partial charge in [-0.05, 0) is 83.5 Å². The number of hydrogen-bond acceptors (Lipinski definition) is 5. The molecule has 0 aliphatic rings. The van der Waals surface area contributed by atoms with Gasteiger partial charge in [0, 0.05) is 12.8 Å². The Kier molecular flexibility index (Phi) is 74.8. The molecule has 0 aliphatic carbocycles. The predicted molar refractivity (Wildman–Crippen MR) is 384 cm³/mol. The van der Waals surface area contributed by atoms with Crippen molar-refractivity contribution in [2.24, 2.45) is 0 Å². The molecule has 0 radical (unpaired) electrons. The number of carbonyl (C=O) groups excluding carboxylic acids is 2. The molecule has 0 saturated carbocycles. The highest BCUT2D eigenvalue weighted by Gasteiger charge is 2.20. The van der Waals surface area contributed by atoms with E-state index in [0.717, 1.165) is 51.4 Å². The molecule has 0 aromatic carbocycles. The number of unbranched alkanes of at least 4 members (excludes halogenated alkanes) is 58. The normalized spacial score (nSPS) is 12.6. The molecule has 0 aromatic rings. The van der Waals surface area contributed by atoms with E-state index in [4.69, 9.17) is 4.74 Å². The molecule has 0 bridgehead atoms. The van der Waals surface area contributed by atoms with E-state index in [1.807, 2.05) is 0 Å². The van der Waals surface area contributed by atoms with Crippen molar-refractivity contribution in [3.05, 3.63) is 36.5 Å². The van der Waals surface area contributed by atoms with Crippen LogP contribution < -0.4 is 5.32 Å². The summed E-state index contributed by atoms with van der Waals surface area (Å²) in [5, 5.41) is 23.4. The van der Waals surface area contributed by atoms with Crippen LogP contribution in [0, 0.1) is 0 Å². The monoisotopic (exact) mass is 1220 g/mol. The molecule has 0 aromatic heterocycles. The van der Waals surface area contributed by atoms with Crippen molar-refractivity contribution >= 4 is 11.9 Å². The van der Waals surface area contributed by atoms with E-state index in [2.05, 4.69) is 55.6 Å². The smallest absolute Gasteiger partial charge is 0.305 e. The first-order valence-electron chi connectivity index (χ1n) is 39.7. The van der Waals surface area contributed by atoms with Crippen LogP contribution in [0.3, 0.4) is 0 Å². The van der Waals surface area contributed by atoms with E-state index in [0.29, 0.717) is 25.9 Å². The van der Waals surface area contributed by atoms with Crippen LogP contribution in [0.25, 0.3) is 0 Å². The highest BCUT2D eigenvalue weighted by Crippen LogP contribution is 2.20. The second-order valence-electron chi connectivity index (χ2n) is 27.4. The Morgan fingerprint density at radius 1 is 0.322 bits per heavy atom. The second kappa shape index (κ2) is 76.5. The van der Waals surface area contributed by atoms with Gasteiger partial charge < -0.3 is 20.3 Å². The fourth-order valence-electron chi connectivity index (χ4n) is 12.6. The molecule has 2 atom stereocenters. The molecule has 2 unspecified atom stereocenters. The standard InChI is InChI=1S/C81H155NO5/c1-3-5-7-9-11-13-15-17-19-42-47-51-55-59-63-67-71-75-81(86)87-76-72-68-64-60-56-52-48-44-41-39-37-35-33-31-29-27-25-23-21-22-24-26-28-30-32-34-36-38-40-43-46-50-54-58-62-66-70-74-80(85)82-78(77-83)79(84)73-69-65-61-57-53-49-45-20-18-16-14-12-10-8-6-4-2/h17,19,21,23,27,29,78-79,83-84H,3-16,18,20,22,24-26,28,30-77H2,1-2H3,(H,82,85)/b19-17-,23-21-,29-27-. The zero-order valence-corrected chi connectivity index (χ0v) is 59.0. The van der Waals surface area contributed by atoms with Crippen molar-refractivity contribution in [2.75, 3.05) is 13.2 Å². The summed E-state index contributed by atoms with van der Waals surface area (Å²) in [5.74, 6) is -0.0125. The minimum atomic E-state index is -0.663. The summed E-state index contributed by atoms with van der Waals surface area (Å²) < 4.78 is 5.51. The minimum Gasteiger partial charge on any atom is -0.466 e. The van der Waals surface area contributed by atoms with E-state index < -0.39 is 12.1 Å². The number of aliphatic hydroxyl groups excluding tert-OH is 2. The summed E-state index contributed by atoms with van der Waals surface area (Å²) in [6, 6.07) is -0.540. The number of ether oxygens (including phenoxy) is 1. The predicted octanol–water partition coefficient (Wildman–Crippen LogP) is 26.2. The van der Waals surface area contributed by atoms with Crippen molar-refractivity contribution in [3.63, 3.8) is 0 Å². The Morgan fingerprint density at radius 2 is 0.575 bits per heavy atom. The molecule has 1 amide bonds. The molecule has 514 valence electrons. The first-order chi connectivity index (χ1) is 43.0. The van der Waals surface area contributed by atoms with Crippen molar-refractivity contribution in [3.8, 4) is 0 Å². The van der Waals surface area contributed by atoms with Gasteiger partial charge in [-0.1, -0.05) is 384 Å². The van der Waals surface area contributed by atoms with Gasteiger partial charge in [0.05, 0.1) is 25.4 Å². The van der Waals surface area contributed by atoms with Crippen LogP contribution >= 0.6 is 0 Å². The van der Waals surface area contributed by atoms with Gasteiger partial charge in [0.25, 0.3) is 0 Å². The molecule has 0 fully saturated rings. The summed E-state index contributed by atoms with van der Waals surface area (Å²) in [6.45, 7) is 4.99. The Labute approximate surface area is 544 Å². The van der Waals surface area contributed by atoms with E-state index in [1.165, 1.54) is 360 Å². The SMILES string of the molecule is CCCCCCCC/C=C\CCCCCCCCCC(=O)OCCCCCCCCCCCCCCC/C=C\C/C=C\CCCCCCCCCCCCCCCCCCCC(=O)NC(CO)C(O)CCCCCCCCCCCCCCCCCC. The summed E-state index contributed by atoms with van der Waals surface area (Å²) in [4.78, 5) is 24.6. The number of allylic oxidation sites excluding steroid dienone is 6. The maximum Gasteiger partial charge on any atom is 0.305 e. The fraction of sp³-hybridized carbons (Fsp3) is 0.901. The van der Waals surface area contributed by atoms with Crippen LogP contribution in [0.4, 0.5) is 0 Å². The lowest BCUT2D eigenvalue weighted by molar-refractivity contribution is -0.143. The summed E-state index contributed by atoms with van der Waals surface area (Å²) in [7, 11) is 0. The highest BCUT2D eigenvalue weighted by molar-refractivity contribution is 5.76. The number of aliphatic hydroxyl groups is 2. The van der Waals surface area contributed by atoms with Gasteiger partial charge in [-0.25, -0.2) is 0 Å². The van der Waals surface area contributed by atoms with Gasteiger partial charge in [0.1, 0.15) is 0 Å². The summed E-state index contributed by atoms with van der Waals surface area (Å²) >= 11 is 0. The molecule has 87 heavy (non-hydrogen) atoms. The average Bonchev–Trinajstić information content (AvgIpc) is 3.52. The van der Waals surface area contributed by atoms with E-state index >= 15 is 0 Å². The molecule has 6 heteroatoms. The number of nitrogens with one attached hydrogen (secondary N) is 1. The molecule has 0 heterocycles. The molecule has 0 rings (SSSR count). The van der Waals surface area contributed by atoms with Gasteiger partial charge in [-0.3, -0.25) is 9.59 Å². The first-order valence-corrected chi connectivity index (χ1v) is 39.7. The van der Waals surface area contributed by atoms with Crippen LogP contribution in [0.15, 0.2) is 36.5 Å². The third-order valence-corrected chi connectivity index (χ3v) is 18.7. The largest absolute Gasteiger partial charge is 0.466 e. The maximum atomic E-state index is 12.5. The molecule has 6 nitrogen and oxygen atoms in total. The number of esters is 1. The van der Waals surface area contributed by atoms with Crippen molar-refractivity contribution in [1.82, 2.24) is 5.32 Å². The van der Waals surface area contributed by atoms with Crippen molar-refractivity contribution in [1.29, 1.82) is 0 Å². The van der Waals surface area contributed by atoms with E-state index in [1.54, 1.807) is 0 Å². The topological polar surface area (TPSA) is 95.9 Å². The first kappa shape index (κ1) is 85.1. The number of rotatable bonds is 75. The van der Waals surface area contributed by atoms with Gasteiger partial charge >= 0.3 is 5.97 Å². The van der Waals surface area contributed by atoms with Gasteiger partial charge in [0.15, 0.2) is 0 Å². The average molecular weight is 1220 g/mol. The Balaban J connectivity index is 3.35. The van der Waals surface area contributed by atoms with Crippen molar-refractivity contribution in [2.45, 2.75) is 456 Å². The van der Waals surface area contributed by atoms with Crippen LogP contribution in [-0.4, -0.2) is 47.4 Å². The third kappa shape index (κ3) is 73.0. The van der Waals surface area contributed by atoms with Crippen molar-refractivity contribution < 1.29 is 24.5 Å². The zero-order chi connectivity index (χ0) is 62.8. The highest BCUT2D eigenvalue weighted by atomic mass is 16.5. The van der Waals surface area contributed by atoms with Gasteiger partial charge in [-0.15, -0.1) is 0 Å². The van der Waals surface area contributed by atoms with Crippen LogP contribution in [0.5, 0.6) is 0 Å². The van der Waals surface area contributed by atoms with Gasteiger partial charge in [0.2, 0.25) is 5.91 Å². The van der Waals surface area contributed by atoms with Crippen LogP contribution in [0.2, 0.25) is 0 Å². The van der Waals surface area contributed by atoms with E-state index in [9.17, 15) is 19.8 Å². The Bertz CT molecular complexity index is 1410. The maximum absolute atomic E-state index is 12.5. The van der Waals surface area contributed by atoms with Crippen LogP contribution in [-0.2, 0) is 14.3 Å². The number of hydrogen-bond donors (Lipinski definition) is 3. The molecular formula is C81H155NO5. The quantitative estimate of drug-likeness (QED) is 0.0320. The lowest BCUT2D eigenvalue weighted by Gasteiger charge is -2.22. The lowest BCUT2D eigenvalue weighted by atomic mass is 10.0. The fourth-order valence-corrected chi connectivity index (χ4v) is 12.6. The second-order valence-corrected chi connectivity index (χ2v) is 27.4. The summed E-state index contributed by atoms with van der Waals surface area (Å²) in [6.07, 6.45) is 99.5. The minimum absolute atomic E-state index is 0.0161.